The van der Waals surface area contributed by atoms with Crippen LogP contribution in [0.4, 0.5) is 0 Å². The maximum absolute atomic E-state index is 11.8. The van der Waals surface area contributed by atoms with Crippen molar-refractivity contribution in [2.45, 2.75) is 27.3 Å². The fourth-order valence-corrected chi connectivity index (χ4v) is 1.10. The summed E-state index contributed by atoms with van der Waals surface area (Å²) in [6.45, 7) is 5.03. The molecular formula is C10H16N4O3. The zero-order chi connectivity index (χ0) is 13.1. The lowest BCUT2D eigenvalue weighted by atomic mass is 9.91. The fraction of sp³-hybridized carbons (Fsp3) is 0.500. The number of carbonyl (C=O) groups is 1. The molecular weight excluding hydrogens is 224 g/mol. The summed E-state index contributed by atoms with van der Waals surface area (Å²) in [5.74, 6) is 0.554. The van der Waals surface area contributed by atoms with Crippen LogP contribution in [0.15, 0.2) is 15.8 Å². The van der Waals surface area contributed by atoms with Crippen molar-refractivity contribution in [2.75, 3.05) is 0 Å². The van der Waals surface area contributed by atoms with Crippen LogP contribution in [0.1, 0.15) is 25.5 Å². The summed E-state index contributed by atoms with van der Waals surface area (Å²) in [7, 11) is 0. The van der Waals surface area contributed by atoms with Crippen LogP contribution in [0.2, 0.25) is 0 Å². The summed E-state index contributed by atoms with van der Waals surface area (Å²) >= 11 is 0. The number of amides is 1. The summed E-state index contributed by atoms with van der Waals surface area (Å²) in [5.41, 5.74) is 4.34. The number of hydrogen-bond donors (Lipinski definition) is 3. The molecule has 1 heterocycles. The van der Waals surface area contributed by atoms with Crippen molar-refractivity contribution in [3.05, 3.63) is 17.8 Å². The molecule has 0 spiro atoms. The topological polar surface area (TPSA) is 114 Å². The van der Waals surface area contributed by atoms with Crippen molar-refractivity contribution in [1.29, 1.82) is 0 Å². The molecule has 0 aliphatic rings. The van der Waals surface area contributed by atoms with Gasteiger partial charge < -0.3 is 20.7 Å². The molecule has 0 saturated carbocycles. The Balaban J connectivity index is 2.61. The molecule has 94 valence electrons. The lowest BCUT2D eigenvalue weighted by Gasteiger charge is -2.21. The average molecular weight is 240 g/mol. The zero-order valence-electron chi connectivity index (χ0n) is 10.0. The third-order valence-electron chi connectivity index (χ3n) is 2.39. The number of aromatic nitrogens is 1. The number of nitrogens with zero attached hydrogens (tertiary/aromatic N) is 2. The predicted octanol–water partition coefficient (Wildman–Crippen LogP) is 0.372. The van der Waals surface area contributed by atoms with Gasteiger partial charge in [0.05, 0.1) is 12.7 Å². The van der Waals surface area contributed by atoms with E-state index < -0.39 is 5.41 Å². The monoisotopic (exact) mass is 240 g/mol. The Morgan fingerprint density at radius 1 is 1.71 bits per heavy atom. The second kappa shape index (κ2) is 4.86. The molecule has 1 aromatic rings. The second-order valence-corrected chi connectivity index (χ2v) is 4.16. The number of amidine groups is 1. The van der Waals surface area contributed by atoms with Crippen LogP contribution < -0.4 is 11.1 Å². The maximum Gasteiger partial charge on any atom is 0.233 e. The largest absolute Gasteiger partial charge is 0.444 e. The summed E-state index contributed by atoms with van der Waals surface area (Å²) < 4.78 is 5.20. The minimum atomic E-state index is -1.09. The highest BCUT2D eigenvalue weighted by molar-refractivity contribution is 6.05. The van der Waals surface area contributed by atoms with Gasteiger partial charge in [0.2, 0.25) is 11.8 Å². The molecule has 17 heavy (non-hydrogen) atoms. The van der Waals surface area contributed by atoms with E-state index in [2.05, 4.69) is 15.5 Å². The molecule has 0 atom stereocenters. The molecule has 0 radical (unpaired) electrons. The molecule has 0 saturated heterocycles. The van der Waals surface area contributed by atoms with E-state index in [1.807, 2.05) is 0 Å². The Morgan fingerprint density at radius 3 is 2.82 bits per heavy atom. The molecule has 1 amide bonds. The van der Waals surface area contributed by atoms with E-state index in [0.29, 0.717) is 11.7 Å². The summed E-state index contributed by atoms with van der Waals surface area (Å²) in [5, 5.41) is 14.0. The van der Waals surface area contributed by atoms with E-state index in [1.54, 1.807) is 27.0 Å². The van der Waals surface area contributed by atoms with E-state index in [9.17, 15) is 4.79 Å². The van der Waals surface area contributed by atoms with Gasteiger partial charge in [-0.15, -0.1) is 0 Å². The highest BCUT2D eigenvalue weighted by Crippen LogP contribution is 2.15. The standard InChI is InChI=1S/C10H16N4O3/c1-6-4-12-7(17-6)5-13-9(15)10(2,3)8(11)14-16/h4,16H,5H2,1-3H3,(H2,11,14)(H,13,15). The Kier molecular flexibility index (Phi) is 3.72. The third-order valence-corrected chi connectivity index (χ3v) is 2.39. The Hall–Kier alpha value is -2.05. The van der Waals surface area contributed by atoms with Crippen LogP contribution in [-0.2, 0) is 11.3 Å². The Morgan fingerprint density at radius 2 is 2.35 bits per heavy atom. The summed E-state index contributed by atoms with van der Waals surface area (Å²) in [4.78, 5) is 15.7. The molecule has 1 rings (SSSR count). The molecule has 0 bridgehead atoms. The van der Waals surface area contributed by atoms with Gasteiger partial charge in [-0.25, -0.2) is 4.98 Å². The number of rotatable bonds is 4. The van der Waals surface area contributed by atoms with Crippen molar-refractivity contribution in [3.63, 3.8) is 0 Å². The number of aryl methyl sites for hydroxylation is 1. The van der Waals surface area contributed by atoms with Crippen LogP contribution in [-0.4, -0.2) is 21.9 Å². The zero-order valence-corrected chi connectivity index (χ0v) is 10.0. The van der Waals surface area contributed by atoms with Crippen LogP contribution in [0.5, 0.6) is 0 Å². The number of nitrogens with one attached hydrogen (secondary N) is 1. The van der Waals surface area contributed by atoms with Gasteiger partial charge >= 0.3 is 0 Å². The molecule has 1 aromatic heterocycles. The molecule has 4 N–H and O–H groups in total. The number of hydrogen-bond acceptors (Lipinski definition) is 5. The highest BCUT2D eigenvalue weighted by atomic mass is 16.4. The van der Waals surface area contributed by atoms with Crippen LogP contribution in [0.25, 0.3) is 0 Å². The number of nitrogens with two attached hydrogens (primary N) is 1. The van der Waals surface area contributed by atoms with E-state index in [-0.39, 0.29) is 18.3 Å². The van der Waals surface area contributed by atoms with E-state index in [0.717, 1.165) is 0 Å². The van der Waals surface area contributed by atoms with E-state index >= 15 is 0 Å². The molecule has 7 heteroatoms. The highest BCUT2D eigenvalue weighted by Gasteiger charge is 2.32. The first-order valence-corrected chi connectivity index (χ1v) is 5.05. The SMILES string of the molecule is Cc1cnc(CNC(=O)C(C)(C)C(N)=NO)o1. The van der Waals surface area contributed by atoms with Crippen molar-refractivity contribution < 1.29 is 14.4 Å². The summed E-state index contributed by atoms with van der Waals surface area (Å²) in [6.07, 6.45) is 1.57. The smallest absolute Gasteiger partial charge is 0.233 e. The van der Waals surface area contributed by atoms with Crippen LogP contribution in [0.3, 0.4) is 0 Å². The van der Waals surface area contributed by atoms with Gasteiger partial charge in [-0.2, -0.15) is 0 Å². The minimum absolute atomic E-state index is 0.154. The van der Waals surface area contributed by atoms with Gasteiger partial charge in [-0.1, -0.05) is 5.16 Å². The average Bonchev–Trinajstić information content (AvgIpc) is 2.70. The van der Waals surface area contributed by atoms with Crippen molar-refractivity contribution >= 4 is 11.7 Å². The Labute approximate surface area is 98.7 Å². The maximum atomic E-state index is 11.8. The van der Waals surface area contributed by atoms with Gasteiger partial charge in [0, 0.05) is 0 Å². The molecule has 0 unspecified atom stereocenters. The predicted molar refractivity (Wildman–Crippen MR) is 60.3 cm³/mol. The van der Waals surface area contributed by atoms with Crippen molar-refractivity contribution in [2.24, 2.45) is 16.3 Å². The van der Waals surface area contributed by atoms with Crippen LogP contribution >= 0.6 is 0 Å². The van der Waals surface area contributed by atoms with Gasteiger partial charge in [-0.05, 0) is 20.8 Å². The molecule has 7 nitrogen and oxygen atoms in total. The lowest BCUT2D eigenvalue weighted by Crippen LogP contribution is -2.45. The number of oxazole rings is 1. The Bertz CT molecular complexity index is 437. The van der Waals surface area contributed by atoms with E-state index in [1.165, 1.54) is 0 Å². The quantitative estimate of drug-likeness (QED) is 0.304. The first-order chi connectivity index (χ1) is 7.87. The molecule has 0 fully saturated rings. The molecule has 0 aromatic carbocycles. The van der Waals surface area contributed by atoms with Crippen molar-refractivity contribution in [3.8, 4) is 0 Å². The van der Waals surface area contributed by atoms with Gasteiger partial charge in [0.1, 0.15) is 11.2 Å². The normalized spacial score (nSPS) is 12.5. The first-order valence-electron chi connectivity index (χ1n) is 5.05. The van der Waals surface area contributed by atoms with Crippen LogP contribution in [0, 0.1) is 12.3 Å². The third kappa shape index (κ3) is 2.96. The summed E-state index contributed by atoms with van der Waals surface area (Å²) in [6, 6.07) is 0. The number of carbonyl (C=O) groups excluding carboxylic acids is 1. The molecule has 0 aliphatic heterocycles. The van der Waals surface area contributed by atoms with Gasteiger partial charge in [-0.3, -0.25) is 4.79 Å². The second-order valence-electron chi connectivity index (χ2n) is 4.16. The van der Waals surface area contributed by atoms with Crippen molar-refractivity contribution in [1.82, 2.24) is 10.3 Å². The number of oxime groups is 1. The first kappa shape index (κ1) is 13.0. The fourth-order valence-electron chi connectivity index (χ4n) is 1.10. The van der Waals surface area contributed by atoms with E-state index in [4.69, 9.17) is 15.4 Å². The van der Waals surface area contributed by atoms with Gasteiger partial charge in [0.25, 0.3) is 0 Å². The minimum Gasteiger partial charge on any atom is -0.444 e. The lowest BCUT2D eigenvalue weighted by molar-refractivity contribution is -0.126. The van der Waals surface area contributed by atoms with Gasteiger partial charge in [0.15, 0.2) is 5.84 Å². The molecule has 0 aliphatic carbocycles.